The number of carbonyl (C=O) groups is 1. The molecule has 0 radical (unpaired) electrons. The molecule has 1 N–H and O–H groups in total. The molecule has 2 fully saturated rings. The van der Waals surface area contributed by atoms with Crippen LogP contribution in [0.4, 0.5) is 0 Å². The average Bonchev–Trinajstić information content (AvgIpc) is 3.00. The summed E-state index contributed by atoms with van der Waals surface area (Å²) in [4.78, 5) is 13.0. The number of hydrogen-bond acceptors (Lipinski definition) is 3. The standard InChI is InChI=1S/C17H23NO3/c1-21-15-4-2-3-12(8-15)7-13-5-6-14-9-18(10-16(13)14)11-17(19)20/h2-4,8,13-14,16H,5-7,9-11H2,1H3,(H,19,20)/t13-,14-,16-/m1/s1. The molecule has 1 aliphatic carbocycles. The Labute approximate surface area is 125 Å². The second-order valence-electron chi connectivity index (χ2n) is 6.40. The lowest BCUT2D eigenvalue weighted by Gasteiger charge is -2.20. The Hall–Kier alpha value is -1.55. The van der Waals surface area contributed by atoms with Crippen LogP contribution in [0.3, 0.4) is 0 Å². The number of aliphatic carboxylic acids is 1. The summed E-state index contributed by atoms with van der Waals surface area (Å²) in [5, 5.41) is 8.94. The summed E-state index contributed by atoms with van der Waals surface area (Å²) in [7, 11) is 1.70. The fourth-order valence-corrected chi connectivity index (χ4v) is 4.15. The van der Waals surface area contributed by atoms with Crippen molar-refractivity contribution >= 4 is 5.97 Å². The molecule has 0 amide bonds. The van der Waals surface area contributed by atoms with Crippen molar-refractivity contribution in [2.75, 3.05) is 26.7 Å². The van der Waals surface area contributed by atoms with Gasteiger partial charge in [0, 0.05) is 13.1 Å². The van der Waals surface area contributed by atoms with Crippen molar-refractivity contribution in [2.45, 2.75) is 19.3 Å². The highest BCUT2D eigenvalue weighted by Crippen LogP contribution is 2.43. The molecular weight excluding hydrogens is 266 g/mol. The van der Waals surface area contributed by atoms with Gasteiger partial charge in [0.15, 0.2) is 0 Å². The molecule has 1 aliphatic heterocycles. The molecule has 1 heterocycles. The van der Waals surface area contributed by atoms with E-state index in [0.29, 0.717) is 17.8 Å². The van der Waals surface area contributed by atoms with Crippen molar-refractivity contribution in [3.05, 3.63) is 29.8 Å². The number of ether oxygens (including phenoxy) is 1. The molecule has 21 heavy (non-hydrogen) atoms. The number of nitrogens with zero attached hydrogens (tertiary/aromatic N) is 1. The number of benzene rings is 1. The van der Waals surface area contributed by atoms with Crippen LogP contribution >= 0.6 is 0 Å². The van der Waals surface area contributed by atoms with Gasteiger partial charge >= 0.3 is 5.97 Å². The molecule has 1 saturated carbocycles. The average molecular weight is 289 g/mol. The normalized spacial score (nSPS) is 28.5. The van der Waals surface area contributed by atoms with E-state index in [2.05, 4.69) is 17.0 Å². The first kappa shape index (κ1) is 14.4. The van der Waals surface area contributed by atoms with E-state index in [9.17, 15) is 4.79 Å². The molecule has 3 rings (SSSR count). The minimum atomic E-state index is -0.709. The summed E-state index contributed by atoms with van der Waals surface area (Å²) in [6.07, 6.45) is 3.60. The van der Waals surface area contributed by atoms with Crippen molar-refractivity contribution in [1.29, 1.82) is 0 Å². The minimum Gasteiger partial charge on any atom is -0.497 e. The largest absolute Gasteiger partial charge is 0.497 e. The van der Waals surface area contributed by atoms with Crippen LogP contribution in [0.15, 0.2) is 24.3 Å². The summed E-state index contributed by atoms with van der Waals surface area (Å²) in [5.41, 5.74) is 1.33. The highest BCUT2D eigenvalue weighted by Gasteiger charge is 2.42. The third-order valence-electron chi connectivity index (χ3n) is 5.07. The molecule has 4 nitrogen and oxygen atoms in total. The van der Waals surface area contributed by atoms with Gasteiger partial charge in [-0.15, -0.1) is 0 Å². The Morgan fingerprint density at radius 2 is 2.24 bits per heavy atom. The van der Waals surface area contributed by atoms with Gasteiger partial charge in [0.05, 0.1) is 13.7 Å². The van der Waals surface area contributed by atoms with Gasteiger partial charge < -0.3 is 9.84 Å². The Bertz CT molecular complexity index is 517. The lowest BCUT2D eigenvalue weighted by Crippen LogP contribution is -2.29. The van der Waals surface area contributed by atoms with Crippen molar-refractivity contribution in [2.24, 2.45) is 17.8 Å². The summed E-state index contributed by atoms with van der Waals surface area (Å²) in [6.45, 7) is 2.11. The zero-order valence-corrected chi connectivity index (χ0v) is 12.5. The van der Waals surface area contributed by atoms with Gasteiger partial charge in [-0.1, -0.05) is 12.1 Å². The third kappa shape index (κ3) is 3.21. The van der Waals surface area contributed by atoms with Gasteiger partial charge in [0.2, 0.25) is 0 Å². The highest BCUT2D eigenvalue weighted by atomic mass is 16.5. The number of carboxylic acid groups (broad SMARTS) is 1. The topological polar surface area (TPSA) is 49.8 Å². The molecule has 0 aromatic heterocycles. The first-order valence-electron chi connectivity index (χ1n) is 7.73. The Morgan fingerprint density at radius 3 is 3.00 bits per heavy atom. The van der Waals surface area contributed by atoms with E-state index in [1.54, 1.807) is 7.11 Å². The molecule has 1 aromatic rings. The van der Waals surface area contributed by atoms with Crippen LogP contribution in [0.5, 0.6) is 5.75 Å². The Balaban J connectivity index is 1.63. The quantitative estimate of drug-likeness (QED) is 0.903. The first-order chi connectivity index (χ1) is 10.2. The zero-order valence-electron chi connectivity index (χ0n) is 12.5. The minimum absolute atomic E-state index is 0.193. The van der Waals surface area contributed by atoms with Gasteiger partial charge in [0.25, 0.3) is 0 Å². The number of methoxy groups -OCH3 is 1. The van der Waals surface area contributed by atoms with E-state index < -0.39 is 5.97 Å². The molecule has 1 aromatic carbocycles. The highest BCUT2D eigenvalue weighted by molar-refractivity contribution is 5.69. The molecule has 114 valence electrons. The molecule has 0 bridgehead atoms. The van der Waals surface area contributed by atoms with Gasteiger partial charge in [0.1, 0.15) is 5.75 Å². The smallest absolute Gasteiger partial charge is 0.317 e. The van der Waals surface area contributed by atoms with Crippen LogP contribution in [0.1, 0.15) is 18.4 Å². The van der Waals surface area contributed by atoms with Gasteiger partial charge in [-0.2, -0.15) is 0 Å². The second-order valence-corrected chi connectivity index (χ2v) is 6.40. The van der Waals surface area contributed by atoms with Crippen LogP contribution in [0.2, 0.25) is 0 Å². The van der Waals surface area contributed by atoms with Crippen molar-refractivity contribution in [3.8, 4) is 5.75 Å². The predicted molar refractivity (Wildman–Crippen MR) is 80.5 cm³/mol. The number of likely N-dealkylation sites (tertiary alicyclic amines) is 1. The van der Waals surface area contributed by atoms with Gasteiger partial charge in [-0.3, -0.25) is 9.69 Å². The van der Waals surface area contributed by atoms with Crippen LogP contribution in [0.25, 0.3) is 0 Å². The van der Waals surface area contributed by atoms with Crippen LogP contribution in [0, 0.1) is 17.8 Å². The lowest BCUT2D eigenvalue weighted by atomic mass is 9.87. The van der Waals surface area contributed by atoms with Crippen molar-refractivity contribution in [1.82, 2.24) is 4.90 Å². The van der Waals surface area contributed by atoms with E-state index >= 15 is 0 Å². The summed E-state index contributed by atoms with van der Waals surface area (Å²) >= 11 is 0. The van der Waals surface area contributed by atoms with Gasteiger partial charge in [-0.25, -0.2) is 0 Å². The Kier molecular flexibility index (Phi) is 4.15. The molecule has 3 atom stereocenters. The van der Waals surface area contributed by atoms with Crippen LogP contribution in [-0.2, 0) is 11.2 Å². The zero-order chi connectivity index (χ0) is 14.8. The molecule has 4 heteroatoms. The second kappa shape index (κ2) is 6.06. The third-order valence-corrected chi connectivity index (χ3v) is 5.07. The number of rotatable bonds is 5. The molecule has 0 spiro atoms. The SMILES string of the molecule is COc1cccc(C[C@H]2CC[C@@H]3CN(CC(=O)O)C[C@H]23)c1. The fourth-order valence-electron chi connectivity index (χ4n) is 4.15. The molecule has 1 saturated heterocycles. The van der Waals surface area contributed by atoms with E-state index in [0.717, 1.165) is 25.3 Å². The summed E-state index contributed by atoms with van der Waals surface area (Å²) < 4.78 is 5.29. The van der Waals surface area contributed by atoms with Crippen LogP contribution < -0.4 is 4.74 Å². The molecular formula is C17H23NO3. The van der Waals surface area contributed by atoms with Crippen molar-refractivity contribution in [3.63, 3.8) is 0 Å². The maximum atomic E-state index is 10.9. The van der Waals surface area contributed by atoms with E-state index in [4.69, 9.17) is 9.84 Å². The summed E-state index contributed by atoms with van der Waals surface area (Å²) in [5.74, 6) is 2.25. The van der Waals surface area contributed by atoms with E-state index in [-0.39, 0.29) is 6.54 Å². The monoisotopic (exact) mass is 289 g/mol. The summed E-state index contributed by atoms with van der Waals surface area (Å²) in [6, 6.07) is 8.31. The van der Waals surface area contributed by atoms with E-state index in [1.807, 2.05) is 12.1 Å². The Morgan fingerprint density at radius 1 is 1.38 bits per heavy atom. The maximum Gasteiger partial charge on any atom is 0.317 e. The maximum absolute atomic E-state index is 10.9. The number of fused-ring (bicyclic) bond motifs is 1. The van der Waals surface area contributed by atoms with Crippen LogP contribution in [-0.4, -0.2) is 42.7 Å². The number of carboxylic acids is 1. The fraction of sp³-hybridized carbons (Fsp3) is 0.588. The van der Waals surface area contributed by atoms with E-state index in [1.165, 1.54) is 18.4 Å². The predicted octanol–water partition coefficient (Wildman–Crippen LogP) is 2.28. The molecule has 2 aliphatic rings. The lowest BCUT2D eigenvalue weighted by molar-refractivity contribution is -0.138. The molecule has 0 unspecified atom stereocenters. The van der Waals surface area contributed by atoms with Crippen molar-refractivity contribution < 1.29 is 14.6 Å². The number of hydrogen-bond donors (Lipinski definition) is 1. The first-order valence-corrected chi connectivity index (χ1v) is 7.73. The van der Waals surface area contributed by atoms with Gasteiger partial charge in [-0.05, 0) is 54.7 Å².